The predicted molar refractivity (Wildman–Crippen MR) is 62.6 cm³/mol. The first-order chi connectivity index (χ1) is 7.99. The SMILES string of the molecule is Cc1cc(C)c(C(=O)c2ccc([N+](=O)[O-])o2)s1. The summed E-state index contributed by atoms with van der Waals surface area (Å²) < 4.78 is 4.88. The molecule has 0 saturated carbocycles. The maximum atomic E-state index is 12.0. The number of hydrogen-bond acceptors (Lipinski definition) is 5. The van der Waals surface area contributed by atoms with E-state index in [0.29, 0.717) is 4.88 Å². The number of ketones is 1. The van der Waals surface area contributed by atoms with E-state index in [4.69, 9.17) is 4.42 Å². The van der Waals surface area contributed by atoms with Crippen LogP contribution in [0.5, 0.6) is 0 Å². The molecule has 0 spiro atoms. The first kappa shape index (κ1) is 11.5. The highest BCUT2D eigenvalue weighted by molar-refractivity contribution is 7.14. The maximum Gasteiger partial charge on any atom is 0.433 e. The second-order valence-corrected chi connectivity index (χ2v) is 4.85. The van der Waals surface area contributed by atoms with Crippen molar-refractivity contribution in [3.8, 4) is 0 Å². The molecule has 17 heavy (non-hydrogen) atoms. The van der Waals surface area contributed by atoms with Crippen LogP contribution in [-0.2, 0) is 0 Å². The van der Waals surface area contributed by atoms with Crippen LogP contribution in [0, 0.1) is 24.0 Å². The summed E-state index contributed by atoms with van der Waals surface area (Å²) in [6.07, 6.45) is 0. The number of aryl methyl sites for hydroxylation is 2. The minimum absolute atomic E-state index is 0.00153. The molecule has 2 aromatic rings. The Labute approximate surface area is 101 Å². The van der Waals surface area contributed by atoms with Gasteiger partial charge < -0.3 is 4.42 Å². The van der Waals surface area contributed by atoms with Crippen LogP contribution in [0.25, 0.3) is 0 Å². The number of furan rings is 1. The van der Waals surface area contributed by atoms with Crippen LogP contribution >= 0.6 is 11.3 Å². The highest BCUT2D eigenvalue weighted by atomic mass is 32.1. The molecular weight excluding hydrogens is 242 g/mol. The molecule has 2 aromatic heterocycles. The number of nitro groups is 1. The third-order valence-electron chi connectivity index (χ3n) is 2.24. The first-order valence-corrected chi connectivity index (χ1v) is 5.66. The van der Waals surface area contributed by atoms with Gasteiger partial charge in [-0.2, -0.15) is 0 Å². The molecule has 6 heteroatoms. The van der Waals surface area contributed by atoms with Crippen LogP contribution in [0.4, 0.5) is 5.88 Å². The molecule has 2 rings (SSSR count). The van der Waals surface area contributed by atoms with Gasteiger partial charge in [0.25, 0.3) is 0 Å². The molecule has 0 saturated heterocycles. The highest BCUT2D eigenvalue weighted by Gasteiger charge is 2.21. The lowest BCUT2D eigenvalue weighted by Crippen LogP contribution is -1.98. The summed E-state index contributed by atoms with van der Waals surface area (Å²) in [7, 11) is 0. The average molecular weight is 251 g/mol. The van der Waals surface area contributed by atoms with Crippen molar-refractivity contribution in [1.82, 2.24) is 0 Å². The molecule has 0 atom stereocenters. The minimum Gasteiger partial charge on any atom is -0.397 e. The van der Waals surface area contributed by atoms with Gasteiger partial charge in [-0.25, -0.2) is 0 Å². The van der Waals surface area contributed by atoms with Gasteiger partial charge in [-0.15, -0.1) is 11.3 Å². The molecular formula is C11H9NO4S. The Morgan fingerprint density at radius 2 is 2.12 bits per heavy atom. The molecule has 0 bridgehead atoms. The summed E-state index contributed by atoms with van der Waals surface area (Å²) in [5.74, 6) is -0.727. The summed E-state index contributed by atoms with van der Waals surface area (Å²) in [6, 6.07) is 4.41. The van der Waals surface area contributed by atoms with E-state index in [1.54, 1.807) is 0 Å². The second kappa shape index (κ2) is 4.14. The average Bonchev–Trinajstić information content (AvgIpc) is 2.84. The molecule has 0 aliphatic heterocycles. The molecule has 0 unspecified atom stereocenters. The van der Waals surface area contributed by atoms with Crippen molar-refractivity contribution in [2.24, 2.45) is 0 Å². The number of carbonyl (C=O) groups excluding carboxylic acids is 1. The molecule has 5 nitrogen and oxygen atoms in total. The predicted octanol–water partition coefficient (Wildman–Crippen LogP) is 3.10. The maximum absolute atomic E-state index is 12.0. The molecule has 88 valence electrons. The van der Waals surface area contributed by atoms with Crippen LogP contribution in [0.1, 0.15) is 25.9 Å². The largest absolute Gasteiger partial charge is 0.433 e. The van der Waals surface area contributed by atoms with Crippen LogP contribution < -0.4 is 0 Å². The Morgan fingerprint density at radius 1 is 1.41 bits per heavy atom. The summed E-state index contributed by atoms with van der Waals surface area (Å²) in [6.45, 7) is 3.73. The van der Waals surface area contributed by atoms with Gasteiger partial charge in [0.1, 0.15) is 4.92 Å². The summed E-state index contributed by atoms with van der Waals surface area (Å²) in [4.78, 5) is 23.4. The lowest BCUT2D eigenvalue weighted by Gasteiger charge is -1.94. The Bertz CT molecular complexity index is 596. The van der Waals surface area contributed by atoms with E-state index in [1.807, 2.05) is 19.9 Å². The Morgan fingerprint density at radius 3 is 2.59 bits per heavy atom. The Hall–Kier alpha value is -1.95. The van der Waals surface area contributed by atoms with E-state index >= 15 is 0 Å². The normalized spacial score (nSPS) is 10.5. The molecule has 2 heterocycles. The zero-order chi connectivity index (χ0) is 12.6. The smallest absolute Gasteiger partial charge is 0.397 e. The first-order valence-electron chi connectivity index (χ1n) is 4.85. The number of hydrogen-bond donors (Lipinski definition) is 0. The van der Waals surface area contributed by atoms with E-state index < -0.39 is 10.8 Å². The fraction of sp³-hybridized carbons (Fsp3) is 0.182. The summed E-state index contributed by atoms with van der Waals surface area (Å²) in [5.41, 5.74) is 0.858. The molecule has 0 aliphatic rings. The number of nitrogens with zero attached hydrogens (tertiary/aromatic N) is 1. The van der Waals surface area contributed by atoms with Crippen molar-refractivity contribution in [3.63, 3.8) is 0 Å². The number of thiophene rings is 1. The van der Waals surface area contributed by atoms with E-state index in [-0.39, 0.29) is 11.5 Å². The standard InChI is InChI=1S/C11H9NO4S/c1-6-5-7(2)17-11(6)10(13)8-3-4-9(16-8)12(14)15/h3-5H,1-2H3. The van der Waals surface area contributed by atoms with E-state index in [0.717, 1.165) is 10.4 Å². The van der Waals surface area contributed by atoms with Crippen molar-refractivity contribution in [3.05, 3.63) is 49.4 Å². The molecule has 0 fully saturated rings. The van der Waals surface area contributed by atoms with Gasteiger partial charge >= 0.3 is 5.88 Å². The second-order valence-electron chi connectivity index (χ2n) is 3.59. The van der Waals surface area contributed by atoms with Gasteiger partial charge in [0.05, 0.1) is 10.9 Å². The summed E-state index contributed by atoms with van der Waals surface area (Å²) in [5, 5.41) is 10.4. The monoisotopic (exact) mass is 251 g/mol. The van der Waals surface area contributed by atoms with Gasteiger partial charge in [0.15, 0.2) is 5.76 Å². The van der Waals surface area contributed by atoms with Crippen molar-refractivity contribution < 1.29 is 14.1 Å². The fourth-order valence-corrected chi connectivity index (χ4v) is 2.50. The van der Waals surface area contributed by atoms with Crippen molar-refractivity contribution in [1.29, 1.82) is 0 Å². The Balaban J connectivity index is 2.37. The summed E-state index contributed by atoms with van der Waals surface area (Å²) >= 11 is 1.36. The number of carbonyl (C=O) groups is 1. The van der Waals surface area contributed by atoms with Gasteiger partial charge in [-0.05, 0) is 31.5 Å². The van der Waals surface area contributed by atoms with Crippen LogP contribution in [0.15, 0.2) is 22.6 Å². The quantitative estimate of drug-likeness (QED) is 0.477. The molecule has 0 aromatic carbocycles. The topological polar surface area (TPSA) is 73.3 Å². The van der Waals surface area contributed by atoms with Gasteiger partial charge in [-0.3, -0.25) is 14.9 Å². The highest BCUT2D eigenvalue weighted by Crippen LogP contribution is 2.26. The zero-order valence-corrected chi connectivity index (χ0v) is 10.0. The van der Waals surface area contributed by atoms with Crippen LogP contribution in [0.3, 0.4) is 0 Å². The van der Waals surface area contributed by atoms with Gasteiger partial charge in [0.2, 0.25) is 5.78 Å². The van der Waals surface area contributed by atoms with Crippen LogP contribution in [0.2, 0.25) is 0 Å². The van der Waals surface area contributed by atoms with Gasteiger partial charge in [0, 0.05) is 4.88 Å². The molecule has 0 amide bonds. The van der Waals surface area contributed by atoms with E-state index in [1.165, 1.54) is 23.5 Å². The molecule has 0 radical (unpaired) electrons. The third-order valence-corrected chi connectivity index (χ3v) is 3.39. The molecule has 0 aliphatic carbocycles. The Kier molecular flexibility index (Phi) is 2.81. The van der Waals surface area contributed by atoms with E-state index in [2.05, 4.69) is 0 Å². The minimum atomic E-state index is -0.663. The zero-order valence-electron chi connectivity index (χ0n) is 9.22. The number of rotatable bonds is 3. The van der Waals surface area contributed by atoms with Gasteiger partial charge in [-0.1, -0.05) is 0 Å². The fourth-order valence-electron chi connectivity index (χ4n) is 1.53. The lowest BCUT2D eigenvalue weighted by molar-refractivity contribution is -0.402. The van der Waals surface area contributed by atoms with E-state index in [9.17, 15) is 14.9 Å². The lowest BCUT2D eigenvalue weighted by atomic mass is 10.2. The molecule has 0 N–H and O–H groups in total. The van der Waals surface area contributed by atoms with Crippen molar-refractivity contribution >= 4 is 23.0 Å². The van der Waals surface area contributed by atoms with Crippen molar-refractivity contribution in [2.45, 2.75) is 13.8 Å². The van der Waals surface area contributed by atoms with Crippen molar-refractivity contribution in [2.75, 3.05) is 0 Å². The van der Waals surface area contributed by atoms with Crippen LogP contribution in [-0.4, -0.2) is 10.7 Å². The third kappa shape index (κ3) is 2.12.